The molecular weight excluding hydrogens is 348 g/mol. The molecule has 6 heteroatoms. The number of amides is 1. The van der Waals surface area contributed by atoms with Gasteiger partial charge >= 0.3 is 5.97 Å². The van der Waals surface area contributed by atoms with Gasteiger partial charge in [-0.05, 0) is 54.6 Å². The maximum Gasteiger partial charge on any atom is 0.337 e. The summed E-state index contributed by atoms with van der Waals surface area (Å²) in [4.78, 5) is 31.0. The Labute approximate surface area is 156 Å². The van der Waals surface area contributed by atoms with Gasteiger partial charge in [-0.2, -0.15) is 0 Å². The van der Waals surface area contributed by atoms with Crippen LogP contribution in [-0.4, -0.2) is 35.6 Å². The van der Waals surface area contributed by atoms with Gasteiger partial charge in [0.15, 0.2) is 5.17 Å². The van der Waals surface area contributed by atoms with Gasteiger partial charge in [0.1, 0.15) is 0 Å². The molecule has 1 aliphatic rings. The first-order valence-electron chi connectivity index (χ1n) is 8.16. The van der Waals surface area contributed by atoms with E-state index in [1.165, 1.54) is 18.9 Å². The summed E-state index contributed by atoms with van der Waals surface area (Å²) in [7, 11) is 1.34. The van der Waals surface area contributed by atoms with E-state index in [0.717, 1.165) is 5.56 Å². The molecule has 0 radical (unpaired) electrons. The Morgan fingerprint density at radius 1 is 1.15 bits per heavy atom. The first-order valence-corrected chi connectivity index (χ1v) is 8.97. The molecule has 5 nitrogen and oxygen atoms in total. The van der Waals surface area contributed by atoms with Crippen LogP contribution in [0.1, 0.15) is 22.8 Å². The van der Waals surface area contributed by atoms with Gasteiger partial charge < -0.3 is 4.74 Å². The molecule has 1 saturated heterocycles. The third-order valence-electron chi connectivity index (χ3n) is 3.81. The summed E-state index contributed by atoms with van der Waals surface area (Å²) in [5.74, 6) is -0.441. The smallest absolute Gasteiger partial charge is 0.337 e. The number of esters is 1. The van der Waals surface area contributed by atoms with E-state index in [1.54, 1.807) is 29.2 Å². The highest BCUT2D eigenvalue weighted by Gasteiger charge is 2.32. The zero-order valence-electron chi connectivity index (χ0n) is 14.5. The van der Waals surface area contributed by atoms with Crippen molar-refractivity contribution in [1.82, 2.24) is 4.90 Å². The first-order chi connectivity index (χ1) is 12.6. The number of likely N-dealkylation sites (N-methyl/N-ethyl adjacent to an activating group) is 1. The quantitative estimate of drug-likeness (QED) is 0.604. The van der Waals surface area contributed by atoms with E-state index in [9.17, 15) is 9.59 Å². The third kappa shape index (κ3) is 3.86. The van der Waals surface area contributed by atoms with Crippen molar-refractivity contribution in [3.63, 3.8) is 0 Å². The van der Waals surface area contributed by atoms with Crippen molar-refractivity contribution in [2.45, 2.75) is 6.92 Å². The topological polar surface area (TPSA) is 59.0 Å². The van der Waals surface area contributed by atoms with E-state index in [4.69, 9.17) is 0 Å². The number of carbonyl (C=O) groups excluding carboxylic acids is 2. The normalized spacial score (nSPS) is 17.2. The predicted octanol–water partition coefficient (Wildman–Crippen LogP) is 4.10. The van der Waals surface area contributed by atoms with Gasteiger partial charge in [0, 0.05) is 6.54 Å². The molecule has 3 rings (SSSR count). The van der Waals surface area contributed by atoms with Crippen molar-refractivity contribution in [2.24, 2.45) is 4.99 Å². The van der Waals surface area contributed by atoms with Crippen LogP contribution in [0.25, 0.3) is 6.08 Å². The van der Waals surface area contributed by atoms with Gasteiger partial charge in [-0.15, -0.1) is 0 Å². The van der Waals surface area contributed by atoms with Crippen molar-refractivity contribution >= 4 is 40.6 Å². The number of ether oxygens (including phenoxy) is 1. The summed E-state index contributed by atoms with van der Waals surface area (Å²) >= 11 is 1.35. The third-order valence-corrected chi connectivity index (χ3v) is 4.82. The van der Waals surface area contributed by atoms with Gasteiger partial charge in [0.25, 0.3) is 5.91 Å². The number of carbonyl (C=O) groups is 2. The number of nitrogens with zero attached hydrogens (tertiary/aromatic N) is 2. The average Bonchev–Trinajstić information content (AvgIpc) is 2.96. The van der Waals surface area contributed by atoms with E-state index >= 15 is 0 Å². The number of hydrogen-bond acceptors (Lipinski definition) is 5. The van der Waals surface area contributed by atoms with Crippen LogP contribution in [0.15, 0.2) is 64.5 Å². The lowest BCUT2D eigenvalue weighted by atomic mass is 10.2. The van der Waals surface area contributed by atoms with Gasteiger partial charge in [0.05, 0.1) is 23.3 Å². The lowest BCUT2D eigenvalue weighted by Gasteiger charge is -2.12. The molecule has 1 heterocycles. The maximum atomic E-state index is 12.6. The Kier molecular flexibility index (Phi) is 5.53. The van der Waals surface area contributed by atoms with Crippen LogP contribution in [0.3, 0.4) is 0 Å². The fraction of sp³-hybridized carbons (Fsp3) is 0.150. The highest BCUT2D eigenvalue weighted by molar-refractivity contribution is 8.18. The zero-order valence-corrected chi connectivity index (χ0v) is 15.3. The number of amidine groups is 1. The summed E-state index contributed by atoms with van der Waals surface area (Å²) in [5, 5.41) is 0.630. The Hall–Kier alpha value is -2.86. The molecule has 2 aromatic rings. The molecule has 0 aromatic heterocycles. The molecule has 0 saturated carbocycles. The lowest BCUT2D eigenvalue weighted by Crippen LogP contribution is -2.28. The van der Waals surface area contributed by atoms with Crippen LogP contribution in [0, 0.1) is 0 Å². The average molecular weight is 366 g/mol. The summed E-state index contributed by atoms with van der Waals surface area (Å²) in [5.41, 5.74) is 2.11. The monoisotopic (exact) mass is 366 g/mol. The highest BCUT2D eigenvalue weighted by atomic mass is 32.2. The Balaban J connectivity index is 1.87. The Morgan fingerprint density at radius 2 is 1.85 bits per heavy atom. The van der Waals surface area contributed by atoms with Crippen LogP contribution in [0.2, 0.25) is 0 Å². The molecule has 0 unspecified atom stereocenters. The number of aliphatic imine (C=N–C) groups is 1. The molecule has 0 bridgehead atoms. The molecule has 0 N–H and O–H groups in total. The number of thioether (sulfide) groups is 1. The number of methoxy groups -OCH3 is 1. The molecule has 0 aliphatic carbocycles. The summed E-state index contributed by atoms with van der Waals surface area (Å²) in [6.45, 7) is 2.46. The van der Waals surface area contributed by atoms with E-state index < -0.39 is 5.97 Å². The van der Waals surface area contributed by atoms with E-state index in [2.05, 4.69) is 9.73 Å². The molecule has 1 aliphatic heterocycles. The van der Waals surface area contributed by atoms with Gasteiger partial charge in [-0.25, -0.2) is 9.79 Å². The Bertz CT molecular complexity index is 874. The van der Waals surface area contributed by atoms with Crippen LogP contribution in [-0.2, 0) is 9.53 Å². The second-order valence-corrected chi connectivity index (χ2v) is 6.51. The van der Waals surface area contributed by atoms with E-state index in [-0.39, 0.29) is 5.91 Å². The van der Waals surface area contributed by atoms with Gasteiger partial charge in [-0.1, -0.05) is 30.3 Å². The second kappa shape index (κ2) is 8.01. The minimum atomic E-state index is -0.391. The fourth-order valence-corrected chi connectivity index (χ4v) is 3.53. The summed E-state index contributed by atoms with van der Waals surface area (Å²) in [6.07, 6.45) is 1.87. The van der Waals surface area contributed by atoms with Crippen molar-refractivity contribution in [3.8, 4) is 0 Å². The SMILES string of the molecule is CCN1C(=O)/C(=C/c2ccccc2)SC1=Nc1ccc(C(=O)OC)cc1. The molecule has 0 spiro atoms. The molecule has 0 atom stereocenters. The molecule has 2 aromatic carbocycles. The predicted molar refractivity (Wildman–Crippen MR) is 104 cm³/mol. The first kappa shape index (κ1) is 17.9. The standard InChI is InChI=1S/C20H18N2O3S/c1-3-22-18(23)17(13-14-7-5-4-6-8-14)26-20(22)21-16-11-9-15(10-12-16)19(24)25-2/h4-13H,3H2,1-2H3/b17-13-,21-20?. The Morgan fingerprint density at radius 3 is 2.46 bits per heavy atom. The molecule has 1 fully saturated rings. The summed E-state index contributed by atoms with van der Waals surface area (Å²) in [6, 6.07) is 16.5. The molecule has 1 amide bonds. The minimum absolute atomic E-state index is 0.0497. The van der Waals surface area contributed by atoms with Crippen molar-refractivity contribution in [3.05, 3.63) is 70.6 Å². The number of benzene rings is 2. The molecule has 26 heavy (non-hydrogen) atoms. The summed E-state index contributed by atoms with van der Waals surface area (Å²) < 4.78 is 4.69. The van der Waals surface area contributed by atoms with Crippen LogP contribution >= 0.6 is 11.8 Å². The van der Waals surface area contributed by atoms with E-state index in [1.807, 2.05) is 43.3 Å². The van der Waals surface area contributed by atoms with Crippen molar-refractivity contribution in [1.29, 1.82) is 0 Å². The van der Waals surface area contributed by atoms with E-state index in [0.29, 0.717) is 27.9 Å². The molecular formula is C20H18N2O3S. The minimum Gasteiger partial charge on any atom is -0.465 e. The maximum absolute atomic E-state index is 12.6. The number of rotatable bonds is 4. The number of hydrogen-bond donors (Lipinski definition) is 0. The van der Waals surface area contributed by atoms with Crippen LogP contribution in [0.4, 0.5) is 5.69 Å². The van der Waals surface area contributed by atoms with Gasteiger partial charge in [0.2, 0.25) is 0 Å². The lowest BCUT2D eigenvalue weighted by molar-refractivity contribution is -0.122. The van der Waals surface area contributed by atoms with Crippen LogP contribution < -0.4 is 0 Å². The largest absolute Gasteiger partial charge is 0.465 e. The van der Waals surface area contributed by atoms with Crippen molar-refractivity contribution < 1.29 is 14.3 Å². The fourth-order valence-electron chi connectivity index (χ4n) is 2.47. The second-order valence-electron chi connectivity index (χ2n) is 5.50. The van der Waals surface area contributed by atoms with Crippen LogP contribution in [0.5, 0.6) is 0 Å². The molecule has 132 valence electrons. The highest BCUT2D eigenvalue weighted by Crippen LogP contribution is 2.33. The van der Waals surface area contributed by atoms with Gasteiger partial charge in [-0.3, -0.25) is 9.69 Å². The zero-order chi connectivity index (χ0) is 18.5. The van der Waals surface area contributed by atoms with Crippen molar-refractivity contribution in [2.75, 3.05) is 13.7 Å².